The Hall–Kier alpha value is -1.95. The fourth-order valence-corrected chi connectivity index (χ4v) is 4.12. The van der Waals surface area contributed by atoms with Crippen LogP contribution in [0.1, 0.15) is 24.0 Å². The molecule has 0 radical (unpaired) electrons. The van der Waals surface area contributed by atoms with E-state index in [0.717, 1.165) is 50.6 Å². The maximum Gasteiger partial charge on any atom is 0.123 e. The van der Waals surface area contributed by atoms with Crippen LogP contribution in [0.15, 0.2) is 48.5 Å². The first-order valence-electron chi connectivity index (χ1n) is 10.5. The van der Waals surface area contributed by atoms with Crippen LogP contribution in [0.25, 0.3) is 0 Å². The van der Waals surface area contributed by atoms with Crippen molar-refractivity contribution in [1.82, 2.24) is 9.80 Å². The third kappa shape index (κ3) is 6.81. The highest BCUT2D eigenvalue weighted by molar-refractivity contribution is 5.33. The van der Waals surface area contributed by atoms with Crippen LogP contribution in [-0.2, 0) is 17.8 Å². The van der Waals surface area contributed by atoms with Crippen LogP contribution in [0.4, 0.5) is 4.39 Å². The summed E-state index contributed by atoms with van der Waals surface area (Å²) in [5, 5.41) is 0. The third-order valence-corrected chi connectivity index (χ3v) is 5.72. The molecule has 0 amide bonds. The van der Waals surface area contributed by atoms with E-state index in [4.69, 9.17) is 9.47 Å². The normalized spacial score (nSPS) is 15.7. The number of halogens is 1. The van der Waals surface area contributed by atoms with E-state index in [1.165, 1.54) is 24.5 Å². The zero-order valence-corrected chi connectivity index (χ0v) is 17.6. The Morgan fingerprint density at radius 1 is 1.07 bits per heavy atom. The standard InChI is InChI=1S/C24H33FN2O2/c1-28-15-14-27(18-21-6-5-8-23(25)16-21)17-20-10-12-26(13-11-20)19-22-7-3-4-9-24(22)29-2/h3-9,16,20H,10-15,17-19H2,1-2H3. The predicted molar refractivity (Wildman–Crippen MR) is 115 cm³/mol. The van der Waals surface area contributed by atoms with E-state index >= 15 is 0 Å². The third-order valence-electron chi connectivity index (χ3n) is 5.72. The lowest BCUT2D eigenvalue weighted by molar-refractivity contribution is 0.106. The maximum absolute atomic E-state index is 13.5. The monoisotopic (exact) mass is 400 g/mol. The summed E-state index contributed by atoms with van der Waals surface area (Å²) in [7, 11) is 3.47. The van der Waals surface area contributed by atoms with Crippen LogP contribution in [0.5, 0.6) is 5.75 Å². The van der Waals surface area contributed by atoms with Crippen LogP contribution >= 0.6 is 0 Å². The molecule has 1 heterocycles. The predicted octanol–water partition coefficient (Wildman–Crippen LogP) is 4.19. The molecule has 0 spiro atoms. The summed E-state index contributed by atoms with van der Waals surface area (Å²) in [4.78, 5) is 4.92. The number of nitrogens with zero attached hydrogens (tertiary/aromatic N) is 2. The van der Waals surface area contributed by atoms with Crippen molar-refractivity contribution in [1.29, 1.82) is 0 Å². The molecule has 1 aliphatic heterocycles. The van der Waals surface area contributed by atoms with Crippen molar-refractivity contribution >= 4 is 0 Å². The van der Waals surface area contributed by atoms with E-state index in [1.807, 2.05) is 18.2 Å². The smallest absolute Gasteiger partial charge is 0.123 e. The van der Waals surface area contributed by atoms with Gasteiger partial charge in [-0.05, 0) is 55.6 Å². The minimum Gasteiger partial charge on any atom is -0.496 e. The van der Waals surface area contributed by atoms with Crippen LogP contribution in [0.3, 0.4) is 0 Å². The molecule has 0 atom stereocenters. The first-order chi connectivity index (χ1) is 14.2. The maximum atomic E-state index is 13.5. The second-order valence-corrected chi connectivity index (χ2v) is 7.89. The molecule has 5 heteroatoms. The summed E-state index contributed by atoms with van der Waals surface area (Å²) in [6.45, 7) is 6.50. The Bertz CT molecular complexity index is 747. The van der Waals surface area contributed by atoms with Gasteiger partial charge in [-0.2, -0.15) is 0 Å². The van der Waals surface area contributed by atoms with Crippen LogP contribution in [0, 0.1) is 11.7 Å². The minimum atomic E-state index is -0.168. The van der Waals surface area contributed by atoms with Gasteiger partial charge >= 0.3 is 0 Å². The van der Waals surface area contributed by atoms with Crippen molar-refractivity contribution in [2.75, 3.05) is 47.0 Å². The fourth-order valence-electron chi connectivity index (χ4n) is 4.12. The number of hydrogen-bond donors (Lipinski definition) is 0. The van der Waals surface area contributed by atoms with Crippen molar-refractivity contribution < 1.29 is 13.9 Å². The molecule has 0 N–H and O–H groups in total. The summed E-state index contributed by atoms with van der Waals surface area (Å²) in [5.41, 5.74) is 2.27. The number of methoxy groups -OCH3 is 2. The van der Waals surface area contributed by atoms with Crippen molar-refractivity contribution in [2.24, 2.45) is 5.92 Å². The molecule has 2 aromatic rings. The summed E-state index contributed by atoms with van der Waals surface area (Å²) in [6, 6.07) is 15.2. The molecule has 1 saturated heterocycles. The number of para-hydroxylation sites is 1. The second kappa shape index (κ2) is 11.3. The van der Waals surface area contributed by atoms with Gasteiger partial charge in [-0.1, -0.05) is 30.3 Å². The van der Waals surface area contributed by atoms with E-state index in [9.17, 15) is 4.39 Å². The van der Waals surface area contributed by atoms with Crippen molar-refractivity contribution in [3.05, 3.63) is 65.5 Å². The molecule has 3 rings (SSSR count). The fraction of sp³-hybridized carbons (Fsp3) is 0.500. The van der Waals surface area contributed by atoms with Gasteiger partial charge in [-0.15, -0.1) is 0 Å². The molecule has 0 bridgehead atoms. The van der Waals surface area contributed by atoms with Gasteiger partial charge in [0, 0.05) is 38.9 Å². The lowest BCUT2D eigenvalue weighted by atomic mass is 9.95. The molecule has 158 valence electrons. The van der Waals surface area contributed by atoms with Gasteiger partial charge in [0.05, 0.1) is 13.7 Å². The Kier molecular flexibility index (Phi) is 8.47. The topological polar surface area (TPSA) is 24.9 Å². The molecule has 29 heavy (non-hydrogen) atoms. The lowest BCUT2D eigenvalue weighted by Gasteiger charge is -2.35. The molecule has 1 aliphatic rings. The van der Waals surface area contributed by atoms with Crippen molar-refractivity contribution in [3.63, 3.8) is 0 Å². The molecule has 2 aromatic carbocycles. The van der Waals surface area contributed by atoms with Gasteiger partial charge in [0.15, 0.2) is 0 Å². The van der Waals surface area contributed by atoms with Crippen LogP contribution in [-0.4, -0.2) is 56.8 Å². The minimum absolute atomic E-state index is 0.168. The molecule has 0 saturated carbocycles. The first kappa shape index (κ1) is 21.8. The number of likely N-dealkylation sites (tertiary alicyclic amines) is 1. The number of rotatable bonds is 10. The van der Waals surface area contributed by atoms with E-state index in [0.29, 0.717) is 12.5 Å². The lowest BCUT2D eigenvalue weighted by Crippen LogP contribution is -2.39. The van der Waals surface area contributed by atoms with Gasteiger partial charge in [-0.25, -0.2) is 4.39 Å². The quantitative estimate of drug-likeness (QED) is 0.597. The number of hydrogen-bond acceptors (Lipinski definition) is 4. The Morgan fingerprint density at radius 2 is 1.86 bits per heavy atom. The molecule has 0 aliphatic carbocycles. The SMILES string of the molecule is COCCN(Cc1cccc(F)c1)CC1CCN(Cc2ccccc2OC)CC1. The summed E-state index contributed by atoms with van der Waals surface area (Å²) >= 11 is 0. The van der Waals surface area contributed by atoms with Gasteiger partial charge in [-0.3, -0.25) is 9.80 Å². The molecular formula is C24H33FN2O2. The summed E-state index contributed by atoms with van der Waals surface area (Å²) < 4.78 is 24.3. The molecule has 0 aromatic heterocycles. The Balaban J connectivity index is 1.51. The Labute approximate surface area is 174 Å². The molecular weight excluding hydrogens is 367 g/mol. The van der Waals surface area contributed by atoms with Gasteiger partial charge in [0.1, 0.15) is 11.6 Å². The average molecular weight is 401 g/mol. The second-order valence-electron chi connectivity index (χ2n) is 7.89. The first-order valence-corrected chi connectivity index (χ1v) is 10.5. The van der Waals surface area contributed by atoms with E-state index in [-0.39, 0.29) is 5.82 Å². The zero-order chi connectivity index (χ0) is 20.5. The Morgan fingerprint density at radius 3 is 2.59 bits per heavy atom. The largest absolute Gasteiger partial charge is 0.496 e. The highest BCUT2D eigenvalue weighted by Crippen LogP contribution is 2.24. The number of piperidine rings is 1. The number of ether oxygens (including phenoxy) is 2. The van der Waals surface area contributed by atoms with Crippen LogP contribution < -0.4 is 4.74 Å². The van der Waals surface area contributed by atoms with Gasteiger partial charge < -0.3 is 9.47 Å². The molecule has 1 fully saturated rings. The van der Waals surface area contributed by atoms with Crippen molar-refractivity contribution in [3.8, 4) is 5.75 Å². The molecule has 0 unspecified atom stereocenters. The zero-order valence-electron chi connectivity index (χ0n) is 17.6. The highest BCUT2D eigenvalue weighted by atomic mass is 19.1. The van der Waals surface area contributed by atoms with E-state index < -0.39 is 0 Å². The van der Waals surface area contributed by atoms with E-state index in [1.54, 1.807) is 26.4 Å². The van der Waals surface area contributed by atoms with Gasteiger partial charge in [0.25, 0.3) is 0 Å². The van der Waals surface area contributed by atoms with E-state index in [2.05, 4.69) is 21.9 Å². The van der Waals surface area contributed by atoms with Crippen molar-refractivity contribution in [2.45, 2.75) is 25.9 Å². The number of benzene rings is 2. The average Bonchev–Trinajstić information content (AvgIpc) is 2.74. The highest BCUT2D eigenvalue weighted by Gasteiger charge is 2.22. The van der Waals surface area contributed by atoms with Gasteiger partial charge in [0.2, 0.25) is 0 Å². The van der Waals surface area contributed by atoms with Crippen LogP contribution in [0.2, 0.25) is 0 Å². The summed E-state index contributed by atoms with van der Waals surface area (Å²) in [5.74, 6) is 1.46. The molecule has 4 nitrogen and oxygen atoms in total. The summed E-state index contributed by atoms with van der Waals surface area (Å²) in [6.07, 6.45) is 2.36.